The van der Waals surface area contributed by atoms with Crippen LogP contribution in [0.2, 0.25) is 0 Å². The zero-order chi connectivity index (χ0) is 14.3. The average molecular weight is 268 g/mol. The van der Waals surface area contributed by atoms with E-state index in [0.29, 0.717) is 23.6 Å². The summed E-state index contributed by atoms with van der Waals surface area (Å²) in [7, 11) is 0. The monoisotopic (exact) mass is 268 g/mol. The molecule has 1 N–H and O–H groups in total. The summed E-state index contributed by atoms with van der Waals surface area (Å²) >= 11 is 0. The quantitative estimate of drug-likeness (QED) is 0.833. The van der Waals surface area contributed by atoms with Crippen molar-refractivity contribution in [2.75, 3.05) is 19.7 Å². The highest BCUT2D eigenvalue weighted by Gasteiger charge is 2.47. The van der Waals surface area contributed by atoms with Crippen LogP contribution in [0.15, 0.2) is 0 Å². The summed E-state index contributed by atoms with van der Waals surface area (Å²) in [4.78, 5) is 2.75. The molecule has 2 aliphatic heterocycles. The first kappa shape index (κ1) is 15.3. The fourth-order valence-corrected chi connectivity index (χ4v) is 3.57. The number of ether oxygens (including phenoxy) is 1. The lowest BCUT2D eigenvalue weighted by molar-refractivity contribution is -0.0374. The summed E-state index contributed by atoms with van der Waals surface area (Å²) in [6, 6.07) is 1.22. The van der Waals surface area contributed by atoms with Gasteiger partial charge in [-0.2, -0.15) is 0 Å². The first-order chi connectivity index (χ1) is 8.79. The number of nitrogens with one attached hydrogen (secondary N) is 1. The predicted octanol–water partition coefficient (Wildman–Crippen LogP) is 2.65. The van der Waals surface area contributed by atoms with Crippen molar-refractivity contribution >= 4 is 0 Å². The Hall–Kier alpha value is -0.120. The molecule has 4 unspecified atom stereocenters. The van der Waals surface area contributed by atoms with E-state index in [4.69, 9.17) is 4.74 Å². The minimum absolute atomic E-state index is 0.215. The van der Waals surface area contributed by atoms with Gasteiger partial charge in [-0.05, 0) is 32.1 Å². The van der Waals surface area contributed by atoms with E-state index >= 15 is 0 Å². The highest BCUT2D eigenvalue weighted by molar-refractivity contribution is 5.03. The molecule has 0 bridgehead atoms. The second-order valence-electron chi connectivity index (χ2n) is 7.66. The zero-order valence-corrected chi connectivity index (χ0v) is 13.6. The van der Waals surface area contributed by atoms with Crippen LogP contribution in [0.3, 0.4) is 0 Å². The molecule has 2 fully saturated rings. The molecule has 2 rings (SSSR count). The SMILES string of the molecule is CCC1CNC(C(C)(C)C)CN1C1(C)CCOC1C. The Kier molecular flexibility index (Phi) is 4.29. The Labute approximate surface area is 119 Å². The third-order valence-electron chi connectivity index (χ3n) is 5.44. The third kappa shape index (κ3) is 2.84. The van der Waals surface area contributed by atoms with Gasteiger partial charge in [0.25, 0.3) is 0 Å². The molecule has 2 aliphatic rings. The minimum atomic E-state index is 0.215. The van der Waals surface area contributed by atoms with Crippen molar-refractivity contribution in [3.63, 3.8) is 0 Å². The maximum absolute atomic E-state index is 5.87. The van der Waals surface area contributed by atoms with Crippen LogP contribution in [0.1, 0.15) is 54.4 Å². The standard InChI is InChI=1S/C16H32N2O/c1-7-13-10-17-14(15(3,4)5)11-18(13)16(6)8-9-19-12(16)2/h12-14,17H,7-11H2,1-6H3. The number of rotatable bonds is 2. The van der Waals surface area contributed by atoms with Crippen LogP contribution in [-0.2, 0) is 4.74 Å². The van der Waals surface area contributed by atoms with E-state index in [0.717, 1.165) is 19.7 Å². The molecule has 4 atom stereocenters. The van der Waals surface area contributed by atoms with Gasteiger partial charge < -0.3 is 10.1 Å². The first-order valence-corrected chi connectivity index (χ1v) is 7.90. The lowest BCUT2D eigenvalue weighted by Crippen LogP contribution is -2.67. The highest BCUT2D eigenvalue weighted by Crippen LogP contribution is 2.36. The maximum atomic E-state index is 5.87. The van der Waals surface area contributed by atoms with Gasteiger partial charge in [0.05, 0.1) is 6.10 Å². The molecule has 0 radical (unpaired) electrons. The lowest BCUT2D eigenvalue weighted by Gasteiger charge is -2.52. The van der Waals surface area contributed by atoms with Crippen molar-refractivity contribution < 1.29 is 4.74 Å². The summed E-state index contributed by atoms with van der Waals surface area (Å²) in [5, 5.41) is 3.76. The van der Waals surface area contributed by atoms with E-state index in [1.54, 1.807) is 0 Å². The van der Waals surface area contributed by atoms with Gasteiger partial charge >= 0.3 is 0 Å². The molecule has 3 heteroatoms. The van der Waals surface area contributed by atoms with Gasteiger partial charge in [0.1, 0.15) is 0 Å². The number of hydrogen-bond donors (Lipinski definition) is 1. The van der Waals surface area contributed by atoms with Gasteiger partial charge in [0.15, 0.2) is 0 Å². The number of piperazine rings is 1. The molecule has 3 nitrogen and oxygen atoms in total. The summed E-state index contributed by atoms with van der Waals surface area (Å²) in [6.07, 6.45) is 2.73. The first-order valence-electron chi connectivity index (χ1n) is 7.90. The molecule has 2 saturated heterocycles. The molecule has 0 aliphatic carbocycles. The fourth-order valence-electron chi connectivity index (χ4n) is 3.57. The van der Waals surface area contributed by atoms with E-state index in [-0.39, 0.29) is 5.54 Å². The van der Waals surface area contributed by atoms with Gasteiger partial charge in [0, 0.05) is 37.3 Å². The van der Waals surface area contributed by atoms with E-state index in [9.17, 15) is 0 Å². The molecular weight excluding hydrogens is 236 g/mol. The summed E-state index contributed by atoms with van der Waals surface area (Å²) < 4.78 is 5.87. The van der Waals surface area contributed by atoms with E-state index in [2.05, 4.69) is 51.8 Å². The van der Waals surface area contributed by atoms with E-state index in [1.165, 1.54) is 12.8 Å². The van der Waals surface area contributed by atoms with Crippen LogP contribution in [0.4, 0.5) is 0 Å². The molecular formula is C16H32N2O. The van der Waals surface area contributed by atoms with Crippen LogP contribution in [-0.4, -0.2) is 48.3 Å². The molecule has 19 heavy (non-hydrogen) atoms. The van der Waals surface area contributed by atoms with Crippen molar-refractivity contribution in [2.24, 2.45) is 5.41 Å². The largest absolute Gasteiger partial charge is 0.377 e. The molecule has 0 spiro atoms. The molecule has 0 amide bonds. The minimum Gasteiger partial charge on any atom is -0.377 e. The second kappa shape index (κ2) is 5.34. The highest BCUT2D eigenvalue weighted by atomic mass is 16.5. The van der Waals surface area contributed by atoms with Gasteiger partial charge in [-0.15, -0.1) is 0 Å². The Bertz CT molecular complexity index is 312. The molecule has 2 heterocycles. The van der Waals surface area contributed by atoms with Crippen molar-refractivity contribution in [1.82, 2.24) is 10.2 Å². The van der Waals surface area contributed by atoms with Crippen LogP contribution in [0.25, 0.3) is 0 Å². The molecule has 0 aromatic rings. The number of hydrogen-bond acceptors (Lipinski definition) is 3. The second-order valence-corrected chi connectivity index (χ2v) is 7.66. The maximum Gasteiger partial charge on any atom is 0.0728 e. The Balaban J connectivity index is 2.19. The van der Waals surface area contributed by atoms with Gasteiger partial charge in [-0.25, -0.2) is 0 Å². The third-order valence-corrected chi connectivity index (χ3v) is 5.44. The molecule has 0 saturated carbocycles. The summed E-state index contributed by atoms with van der Waals surface area (Å²) in [6.45, 7) is 17.1. The zero-order valence-electron chi connectivity index (χ0n) is 13.6. The van der Waals surface area contributed by atoms with Crippen LogP contribution in [0.5, 0.6) is 0 Å². The van der Waals surface area contributed by atoms with E-state index < -0.39 is 0 Å². The van der Waals surface area contributed by atoms with Crippen LogP contribution < -0.4 is 5.32 Å². The van der Waals surface area contributed by atoms with Crippen LogP contribution >= 0.6 is 0 Å². The lowest BCUT2D eigenvalue weighted by atomic mass is 9.81. The fraction of sp³-hybridized carbons (Fsp3) is 1.00. The van der Waals surface area contributed by atoms with Crippen molar-refractivity contribution in [1.29, 1.82) is 0 Å². The summed E-state index contributed by atoms with van der Waals surface area (Å²) in [5.74, 6) is 0. The normalized spacial score (nSPS) is 41.7. The predicted molar refractivity (Wildman–Crippen MR) is 80.5 cm³/mol. The number of nitrogens with zero attached hydrogens (tertiary/aromatic N) is 1. The van der Waals surface area contributed by atoms with Gasteiger partial charge in [-0.1, -0.05) is 27.7 Å². The van der Waals surface area contributed by atoms with Crippen molar-refractivity contribution in [3.05, 3.63) is 0 Å². The smallest absolute Gasteiger partial charge is 0.0728 e. The topological polar surface area (TPSA) is 24.5 Å². The Morgan fingerprint density at radius 3 is 2.53 bits per heavy atom. The molecule has 0 aromatic carbocycles. The van der Waals surface area contributed by atoms with Crippen molar-refractivity contribution in [2.45, 2.75) is 78.1 Å². The van der Waals surface area contributed by atoms with Crippen LogP contribution in [0, 0.1) is 5.41 Å². The average Bonchev–Trinajstić information content (AvgIpc) is 2.69. The van der Waals surface area contributed by atoms with Gasteiger partial charge in [0.2, 0.25) is 0 Å². The Morgan fingerprint density at radius 2 is 2.05 bits per heavy atom. The van der Waals surface area contributed by atoms with Gasteiger partial charge in [-0.3, -0.25) is 4.90 Å². The van der Waals surface area contributed by atoms with E-state index in [1.807, 2.05) is 0 Å². The van der Waals surface area contributed by atoms with Crippen molar-refractivity contribution in [3.8, 4) is 0 Å². The Morgan fingerprint density at radius 1 is 1.37 bits per heavy atom. The molecule has 112 valence electrons. The summed E-state index contributed by atoms with van der Waals surface area (Å²) in [5.41, 5.74) is 0.530. The molecule has 0 aromatic heterocycles.